The van der Waals surface area contributed by atoms with Crippen molar-refractivity contribution in [1.82, 2.24) is 0 Å². The molecule has 3 rings (SSSR count). The van der Waals surface area contributed by atoms with Crippen LogP contribution in [-0.2, 0) is 24.1 Å². The summed E-state index contributed by atoms with van der Waals surface area (Å²) in [6.07, 6.45) is 7.10. The van der Waals surface area contributed by atoms with Gasteiger partial charge in [0.05, 0.1) is 0 Å². The van der Waals surface area contributed by atoms with Crippen molar-refractivity contribution in [1.29, 1.82) is 0 Å². The van der Waals surface area contributed by atoms with Crippen LogP contribution in [0, 0.1) is 11.8 Å². The number of hydrogen-bond acceptors (Lipinski definition) is 2. The molecule has 0 heterocycles. The fraction of sp³-hybridized carbons (Fsp3) is 0.258. The number of carbonyl (C=O) groups excluding carboxylic acids is 1. The van der Waals surface area contributed by atoms with Crippen LogP contribution in [0.2, 0.25) is 0 Å². The van der Waals surface area contributed by atoms with Crippen LogP contribution in [0.1, 0.15) is 60.9 Å². The Morgan fingerprint density at radius 3 is 1.67 bits per heavy atom. The fourth-order valence-corrected chi connectivity index (χ4v) is 3.44. The molecule has 0 atom stereocenters. The molecule has 0 radical (unpaired) electrons. The maximum Gasteiger partial charge on any atom is 0.338 e. The molecule has 0 aliphatic heterocycles. The van der Waals surface area contributed by atoms with Crippen molar-refractivity contribution in [2.75, 3.05) is 0 Å². The summed E-state index contributed by atoms with van der Waals surface area (Å²) in [6.45, 7) is 7.45. The highest BCUT2D eigenvalue weighted by atomic mass is 16.5. The Kier molecular flexibility index (Phi) is 9.09. The van der Waals surface area contributed by atoms with Gasteiger partial charge in [-0.15, -0.1) is 0 Å². The Balaban J connectivity index is 1.50. The molecule has 3 aromatic carbocycles. The van der Waals surface area contributed by atoms with E-state index in [0.29, 0.717) is 11.3 Å². The number of carbonyl (C=O) groups is 1. The van der Waals surface area contributed by atoms with E-state index in [1.54, 1.807) is 19.1 Å². The molecule has 0 unspecified atom stereocenters. The first kappa shape index (κ1) is 24.1. The van der Waals surface area contributed by atoms with Gasteiger partial charge in [0.1, 0.15) is 5.75 Å². The number of benzene rings is 3. The lowest BCUT2D eigenvalue weighted by molar-refractivity contribution is -0.130. The summed E-state index contributed by atoms with van der Waals surface area (Å²) >= 11 is 0. The van der Waals surface area contributed by atoms with Crippen LogP contribution in [0.15, 0.2) is 84.9 Å². The van der Waals surface area contributed by atoms with E-state index in [1.807, 2.05) is 12.1 Å². The zero-order valence-corrected chi connectivity index (χ0v) is 19.7. The van der Waals surface area contributed by atoms with Crippen molar-refractivity contribution in [3.05, 3.63) is 113 Å². The lowest BCUT2D eigenvalue weighted by Gasteiger charge is -2.05. The molecule has 0 saturated carbocycles. The van der Waals surface area contributed by atoms with Crippen molar-refractivity contribution in [2.45, 2.75) is 52.4 Å². The smallest absolute Gasteiger partial charge is 0.338 e. The Labute approximate surface area is 198 Å². The predicted molar refractivity (Wildman–Crippen MR) is 136 cm³/mol. The van der Waals surface area contributed by atoms with Crippen molar-refractivity contribution in [2.24, 2.45) is 0 Å². The van der Waals surface area contributed by atoms with Crippen molar-refractivity contribution in [3.8, 4) is 17.6 Å². The second-order valence-electron chi connectivity index (χ2n) is 8.41. The van der Waals surface area contributed by atoms with Gasteiger partial charge in [-0.1, -0.05) is 74.6 Å². The average molecular weight is 437 g/mol. The standard InChI is InChI=1S/C31H32O2/c1-4-5-6-7-25-8-10-26(11-9-25)12-13-27-14-16-28(17-15-27)18-19-29-20-22-30(23-21-29)33-31(32)24(2)3/h8-11,14-17,20-23H,2,4-7,12-13H2,1,3H3. The highest BCUT2D eigenvalue weighted by Gasteiger charge is 2.04. The van der Waals surface area contributed by atoms with E-state index >= 15 is 0 Å². The SMILES string of the molecule is C=C(C)C(=O)Oc1ccc(C#Cc2ccc(CCc3ccc(CCCCC)cc3)cc2)cc1. The van der Waals surface area contributed by atoms with Crippen LogP contribution in [0.4, 0.5) is 0 Å². The molecule has 0 aliphatic rings. The minimum Gasteiger partial charge on any atom is -0.423 e. The number of rotatable bonds is 9. The average Bonchev–Trinajstić information content (AvgIpc) is 2.84. The summed E-state index contributed by atoms with van der Waals surface area (Å²) in [5.41, 5.74) is 6.36. The maximum atomic E-state index is 11.6. The third-order valence-electron chi connectivity index (χ3n) is 5.51. The third-order valence-corrected chi connectivity index (χ3v) is 5.51. The lowest BCUT2D eigenvalue weighted by Crippen LogP contribution is -2.07. The number of unbranched alkanes of at least 4 members (excludes halogenated alkanes) is 2. The van der Waals surface area contributed by atoms with Gasteiger partial charge in [0.15, 0.2) is 0 Å². The highest BCUT2D eigenvalue weighted by molar-refractivity contribution is 5.88. The minimum atomic E-state index is -0.423. The van der Waals surface area contributed by atoms with Gasteiger partial charge >= 0.3 is 5.97 Å². The van der Waals surface area contributed by atoms with Crippen molar-refractivity contribution >= 4 is 5.97 Å². The molecule has 0 saturated heterocycles. The minimum absolute atomic E-state index is 0.373. The molecule has 2 nitrogen and oxygen atoms in total. The van der Waals surface area contributed by atoms with E-state index in [0.717, 1.165) is 24.0 Å². The van der Waals surface area contributed by atoms with E-state index in [9.17, 15) is 4.79 Å². The fourth-order valence-electron chi connectivity index (χ4n) is 3.44. The van der Waals surface area contributed by atoms with Crippen LogP contribution >= 0.6 is 0 Å². The van der Waals surface area contributed by atoms with Gasteiger partial charge in [0, 0.05) is 16.7 Å². The van der Waals surface area contributed by atoms with Crippen molar-refractivity contribution in [3.63, 3.8) is 0 Å². The zero-order chi connectivity index (χ0) is 23.5. The van der Waals surface area contributed by atoms with Crippen LogP contribution in [-0.4, -0.2) is 5.97 Å². The molecular weight excluding hydrogens is 404 g/mol. The quantitative estimate of drug-likeness (QED) is 0.118. The van der Waals surface area contributed by atoms with E-state index in [4.69, 9.17) is 4.74 Å². The Bertz CT molecular complexity index is 1110. The zero-order valence-electron chi connectivity index (χ0n) is 19.7. The van der Waals surface area contributed by atoms with Crippen LogP contribution in [0.5, 0.6) is 5.75 Å². The summed E-state index contributed by atoms with van der Waals surface area (Å²) in [5.74, 6) is 6.42. The molecule has 0 spiro atoms. The normalized spacial score (nSPS) is 10.2. The molecule has 0 aliphatic carbocycles. The molecule has 0 amide bonds. The van der Waals surface area contributed by atoms with Gasteiger partial charge in [-0.25, -0.2) is 4.79 Å². The number of hydrogen-bond donors (Lipinski definition) is 0. The second kappa shape index (κ2) is 12.5. The van der Waals surface area contributed by atoms with Gasteiger partial charge < -0.3 is 4.74 Å². The second-order valence-corrected chi connectivity index (χ2v) is 8.41. The molecule has 0 N–H and O–H groups in total. The lowest BCUT2D eigenvalue weighted by atomic mass is 10.0. The summed E-state index contributed by atoms with van der Waals surface area (Å²) in [5, 5.41) is 0. The van der Waals surface area contributed by atoms with Crippen LogP contribution in [0.3, 0.4) is 0 Å². The van der Waals surface area contributed by atoms with E-state index in [1.165, 1.54) is 42.4 Å². The molecule has 3 aromatic rings. The largest absolute Gasteiger partial charge is 0.423 e. The summed E-state index contributed by atoms with van der Waals surface area (Å²) in [6, 6.07) is 24.7. The van der Waals surface area contributed by atoms with Gasteiger partial charge in [0.25, 0.3) is 0 Å². The first-order chi connectivity index (χ1) is 16.0. The third kappa shape index (κ3) is 8.13. The van der Waals surface area contributed by atoms with Gasteiger partial charge in [-0.3, -0.25) is 0 Å². The Hall–Kier alpha value is -3.57. The molecular formula is C31H32O2. The first-order valence-corrected chi connectivity index (χ1v) is 11.7. The molecule has 0 fully saturated rings. The molecule has 33 heavy (non-hydrogen) atoms. The first-order valence-electron chi connectivity index (χ1n) is 11.7. The van der Waals surface area contributed by atoms with Gasteiger partial charge in [-0.05, 0) is 85.7 Å². The Morgan fingerprint density at radius 1 is 0.727 bits per heavy atom. The van der Waals surface area contributed by atoms with Crippen molar-refractivity contribution < 1.29 is 9.53 Å². The van der Waals surface area contributed by atoms with E-state index in [-0.39, 0.29) is 0 Å². The van der Waals surface area contributed by atoms with Gasteiger partial charge in [-0.2, -0.15) is 0 Å². The molecule has 2 heteroatoms. The molecule has 168 valence electrons. The molecule has 0 bridgehead atoms. The summed E-state index contributed by atoms with van der Waals surface area (Å²) in [7, 11) is 0. The monoisotopic (exact) mass is 436 g/mol. The van der Waals surface area contributed by atoms with Crippen LogP contribution < -0.4 is 4.74 Å². The topological polar surface area (TPSA) is 26.3 Å². The number of esters is 1. The summed E-state index contributed by atoms with van der Waals surface area (Å²) in [4.78, 5) is 11.6. The Morgan fingerprint density at radius 2 is 1.18 bits per heavy atom. The van der Waals surface area contributed by atoms with E-state index < -0.39 is 5.97 Å². The number of aryl methyl sites for hydroxylation is 3. The van der Waals surface area contributed by atoms with E-state index in [2.05, 4.69) is 73.9 Å². The van der Waals surface area contributed by atoms with Crippen LogP contribution in [0.25, 0.3) is 0 Å². The maximum absolute atomic E-state index is 11.6. The van der Waals surface area contributed by atoms with Gasteiger partial charge in [0.2, 0.25) is 0 Å². The number of ether oxygens (including phenoxy) is 1. The molecule has 0 aromatic heterocycles. The highest BCUT2D eigenvalue weighted by Crippen LogP contribution is 2.14. The summed E-state index contributed by atoms with van der Waals surface area (Å²) < 4.78 is 5.20. The predicted octanol–water partition coefficient (Wildman–Crippen LogP) is 7.09.